The molecule has 1 heterocycles. The van der Waals surface area contributed by atoms with E-state index in [9.17, 15) is 19.3 Å². The molecule has 2 aromatic rings. The van der Waals surface area contributed by atoms with E-state index in [1.54, 1.807) is 6.92 Å². The number of anilines is 1. The van der Waals surface area contributed by atoms with Crippen LogP contribution in [0.15, 0.2) is 22.5 Å². The molecule has 116 valence electrons. The average Bonchev–Trinajstić information content (AvgIpc) is 2.85. The molecule has 1 amide bonds. The van der Waals surface area contributed by atoms with Gasteiger partial charge in [-0.3, -0.25) is 14.9 Å². The van der Waals surface area contributed by atoms with Crippen LogP contribution >= 0.6 is 23.1 Å². The molecule has 22 heavy (non-hydrogen) atoms. The molecule has 1 aromatic heterocycles. The smallest absolute Gasteiger partial charge is 0.306 e. The number of carbonyl (C=O) groups is 1. The van der Waals surface area contributed by atoms with Crippen LogP contribution in [-0.2, 0) is 4.79 Å². The van der Waals surface area contributed by atoms with Gasteiger partial charge in [0.25, 0.3) is 0 Å². The minimum absolute atomic E-state index is 0.166. The highest BCUT2D eigenvalue weighted by atomic mass is 32.2. The molecule has 2 rings (SSSR count). The van der Waals surface area contributed by atoms with Crippen LogP contribution in [0.1, 0.15) is 11.9 Å². The molecule has 1 aromatic carbocycles. The van der Waals surface area contributed by atoms with Crippen LogP contribution in [0.4, 0.5) is 15.8 Å². The summed E-state index contributed by atoms with van der Waals surface area (Å²) in [5, 5.41) is 21.3. The lowest BCUT2D eigenvalue weighted by atomic mass is 10.2. The summed E-state index contributed by atoms with van der Waals surface area (Å²) in [7, 11) is 0. The molecule has 0 saturated heterocycles. The Kier molecular flexibility index (Phi) is 5.03. The first-order chi connectivity index (χ1) is 10.4. The fourth-order valence-electron chi connectivity index (χ4n) is 1.51. The van der Waals surface area contributed by atoms with Gasteiger partial charge in [0.15, 0.2) is 4.34 Å². The molecule has 10 heteroatoms. The number of nitro benzene ring substituents is 1. The Morgan fingerprint density at radius 1 is 1.50 bits per heavy atom. The van der Waals surface area contributed by atoms with Crippen LogP contribution < -0.4 is 5.32 Å². The maximum absolute atomic E-state index is 13.2. The van der Waals surface area contributed by atoms with Crippen LogP contribution in [0, 0.1) is 22.9 Å². The number of nitrogens with zero attached hydrogens (tertiary/aromatic N) is 3. The second-order valence-corrected chi connectivity index (χ2v) is 7.03. The number of thioether (sulfide) groups is 1. The Morgan fingerprint density at radius 3 is 2.82 bits per heavy atom. The third-order valence-electron chi connectivity index (χ3n) is 2.56. The lowest BCUT2D eigenvalue weighted by molar-refractivity contribution is -0.387. The summed E-state index contributed by atoms with van der Waals surface area (Å²) in [5.74, 6) is -1.31. The summed E-state index contributed by atoms with van der Waals surface area (Å²) in [6.07, 6.45) is 0. The molecule has 0 spiro atoms. The Hall–Kier alpha value is -2.07. The summed E-state index contributed by atoms with van der Waals surface area (Å²) >= 11 is 2.60. The van der Waals surface area contributed by atoms with Crippen LogP contribution in [0.25, 0.3) is 0 Å². The quantitative estimate of drug-likeness (QED) is 0.509. The molecular formula is C12H11FN4O3S2. The molecule has 0 aliphatic heterocycles. The molecule has 0 saturated carbocycles. The lowest BCUT2D eigenvalue weighted by Gasteiger charge is -2.10. The van der Waals surface area contributed by atoms with Crippen molar-refractivity contribution in [1.29, 1.82) is 0 Å². The van der Waals surface area contributed by atoms with E-state index in [1.807, 2.05) is 6.92 Å². The van der Waals surface area contributed by atoms with Gasteiger partial charge in [-0.1, -0.05) is 23.1 Å². The highest BCUT2D eigenvalue weighted by molar-refractivity contribution is 8.02. The van der Waals surface area contributed by atoms with Crippen LogP contribution in [0.3, 0.4) is 0 Å². The van der Waals surface area contributed by atoms with Crippen molar-refractivity contribution in [1.82, 2.24) is 10.2 Å². The summed E-state index contributed by atoms with van der Waals surface area (Å²) in [5.41, 5.74) is -0.517. The van der Waals surface area contributed by atoms with Crippen molar-refractivity contribution in [3.63, 3.8) is 0 Å². The van der Waals surface area contributed by atoms with Crippen molar-refractivity contribution in [2.75, 3.05) is 5.32 Å². The van der Waals surface area contributed by atoms with E-state index in [-0.39, 0.29) is 11.6 Å². The third-order valence-corrected chi connectivity index (χ3v) is 4.59. The number of amides is 1. The number of halogens is 1. The molecule has 0 radical (unpaired) electrons. The molecule has 7 nitrogen and oxygen atoms in total. The van der Waals surface area contributed by atoms with E-state index in [1.165, 1.54) is 29.2 Å². The molecule has 0 bridgehead atoms. The van der Waals surface area contributed by atoms with Gasteiger partial charge in [-0.25, -0.2) is 0 Å². The van der Waals surface area contributed by atoms with E-state index < -0.39 is 21.7 Å². The molecular weight excluding hydrogens is 331 g/mol. The second kappa shape index (κ2) is 6.79. The fourth-order valence-corrected chi connectivity index (χ4v) is 3.46. The number of nitrogens with one attached hydrogen (secondary N) is 1. The Balaban J connectivity index is 2.05. The molecule has 0 aliphatic carbocycles. The number of rotatable bonds is 5. The van der Waals surface area contributed by atoms with Crippen molar-refractivity contribution in [3.8, 4) is 0 Å². The van der Waals surface area contributed by atoms with Gasteiger partial charge in [0.05, 0.1) is 10.2 Å². The largest absolute Gasteiger partial charge is 0.325 e. The number of hydrogen-bond donors (Lipinski definition) is 1. The van der Waals surface area contributed by atoms with Crippen molar-refractivity contribution >= 4 is 40.4 Å². The zero-order valence-corrected chi connectivity index (χ0v) is 13.2. The maximum atomic E-state index is 13.2. The number of nitro groups is 1. The first-order valence-electron chi connectivity index (χ1n) is 6.08. The van der Waals surface area contributed by atoms with Crippen LogP contribution in [0.5, 0.6) is 0 Å². The van der Waals surface area contributed by atoms with Gasteiger partial charge < -0.3 is 5.32 Å². The Labute approximate surface area is 133 Å². The highest BCUT2D eigenvalue weighted by Crippen LogP contribution is 2.27. The van der Waals surface area contributed by atoms with E-state index in [0.717, 1.165) is 17.1 Å². The number of carbonyl (C=O) groups excluding carboxylic acids is 1. The number of aromatic nitrogens is 2. The summed E-state index contributed by atoms with van der Waals surface area (Å²) in [4.78, 5) is 21.9. The predicted molar refractivity (Wildman–Crippen MR) is 81.6 cm³/mol. The van der Waals surface area contributed by atoms with Crippen LogP contribution in [-0.4, -0.2) is 26.3 Å². The number of aryl methyl sites for hydroxylation is 1. The standard InChI is InChI=1S/C12H11FN4O3S2/c1-6(21-12-16-15-7(2)22-12)11(18)14-8-3-4-9(13)10(5-8)17(19)20/h3-6H,1-2H3,(H,14,18)/t6-/m0/s1. The van der Waals surface area contributed by atoms with E-state index >= 15 is 0 Å². The zero-order valence-electron chi connectivity index (χ0n) is 11.6. The van der Waals surface area contributed by atoms with E-state index in [2.05, 4.69) is 15.5 Å². The van der Waals surface area contributed by atoms with Crippen molar-refractivity contribution < 1.29 is 14.1 Å². The van der Waals surface area contributed by atoms with E-state index in [4.69, 9.17) is 0 Å². The van der Waals surface area contributed by atoms with E-state index in [0.29, 0.717) is 4.34 Å². The van der Waals surface area contributed by atoms with Gasteiger partial charge in [-0.2, -0.15) is 4.39 Å². The molecule has 1 atom stereocenters. The molecule has 0 aliphatic rings. The average molecular weight is 342 g/mol. The Bertz CT molecular complexity index is 722. The first-order valence-corrected chi connectivity index (χ1v) is 7.78. The molecule has 0 fully saturated rings. The summed E-state index contributed by atoms with van der Waals surface area (Å²) in [6.45, 7) is 3.48. The minimum atomic E-state index is -0.949. The van der Waals surface area contributed by atoms with Gasteiger partial charge in [0, 0.05) is 11.8 Å². The lowest BCUT2D eigenvalue weighted by Crippen LogP contribution is -2.22. The second-order valence-electron chi connectivity index (χ2n) is 4.26. The molecule has 1 N–H and O–H groups in total. The van der Waals surface area contributed by atoms with Gasteiger partial charge in [0.2, 0.25) is 11.7 Å². The fraction of sp³-hybridized carbons (Fsp3) is 0.250. The highest BCUT2D eigenvalue weighted by Gasteiger charge is 2.19. The normalized spacial score (nSPS) is 12.0. The van der Waals surface area contributed by atoms with Crippen molar-refractivity contribution in [2.24, 2.45) is 0 Å². The summed E-state index contributed by atoms with van der Waals surface area (Å²) in [6, 6.07) is 3.20. The number of benzene rings is 1. The topological polar surface area (TPSA) is 98.0 Å². The van der Waals surface area contributed by atoms with Crippen molar-refractivity contribution in [2.45, 2.75) is 23.4 Å². The van der Waals surface area contributed by atoms with Crippen LogP contribution in [0.2, 0.25) is 0 Å². The van der Waals surface area contributed by atoms with Crippen molar-refractivity contribution in [3.05, 3.63) is 39.1 Å². The van der Waals surface area contributed by atoms with Gasteiger partial charge >= 0.3 is 5.69 Å². The monoisotopic (exact) mass is 342 g/mol. The first kappa shape index (κ1) is 16.3. The minimum Gasteiger partial charge on any atom is -0.325 e. The Morgan fingerprint density at radius 2 is 2.23 bits per heavy atom. The predicted octanol–water partition coefficient (Wildman–Crippen LogP) is 3.01. The number of hydrogen-bond acceptors (Lipinski definition) is 7. The third kappa shape index (κ3) is 3.98. The van der Waals surface area contributed by atoms with Gasteiger partial charge in [0.1, 0.15) is 5.01 Å². The SMILES string of the molecule is Cc1nnc(S[C@@H](C)C(=O)Nc2ccc(F)c([N+](=O)[O-])c2)s1. The maximum Gasteiger partial charge on any atom is 0.306 e. The molecule has 0 unspecified atom stereocenters. The summed E-state index contributed by atoms with van der Waals surface area (Å²) < 4.78 is 13.9. The van der Waals surface area contributed by atoms with Gasteiger partial charge in [-0.05, 0) is 26.0 Å². The van der Waals surface area contributed by atoms with Gasteiger partial charge in [-0.15, -0.1) is 10.2 Å². The zero-order chi connectivity index (χ0) is 16.3.